The molecule has 1 aliphatic heterocycles. The highest BCUT2D eigenvalue weighted by atomic mass is 32.2. The molecule has 0 radical (unpaired) electrons. The molecule has 1 unspecified atom stereocenters. The van der Waals surface area contributed by atoms with Gasteiger partial charge in [0.2, 0.25) is 0 Å². The first-order valence-corrected chi connectivity index (χ1v) is 7.24. The molecule has 1 atom stereocenters. The monoisotopic (exact) mass is 249 g/mol. The Morgan fingerprint density at radius 3 is 2.62 bits per heavy atom. The number of hydrogen-bond acceptors (Lipinski definition) is 3. The minimum atomic E-state index is -3.31. The molecule has 0 saturated carbocycles. The summed E-state index contributed by atoms with van der Waals surface area (Å²) in [6, 6.07) is 0.0742. The van der Waals surface area contributed by atoms with Crippen molar-refractivity contribution in [2.45, 2.75) is 39.7 Å². The lowest BCUT2D eigenvalue weighted by Gasteiger charge is -2.41. The van der Waals surface area contributed by atoms with Gasteiger partial charge in [0, 0.05) is 25.7 Å². The Morgan fingerprint density at radius 1 is 1.50 bits per heavy atom. The second kappa shape index (κ2) is 5.00. The van der Waals surface area contributed by atoms with E-state index in [2.05, 4.69) is 4.72 Å². The standard InChI is InChI=1S/C10H23N3O2S/c1-4-6-12-16(14,15)13-7-5-9(11)10(2,3)8-13/h9,12H,4-8,11H2,1-3H3. The van der Waals surface area contributed by atoms with E-state index in [1.165, 1.54) is 4.31 Å². The van der Waals surface area contributed by atoms with E-state index in [4.69, 9.17) is 5.73 Å². The largest absolute Gasteiger partial charge is 0.327 e. The number of piperidine rings is 1. The molecule has 0 spiro atoms. The van der Waals surface area contributed by atoms with Crippen LogP contribution in [0.4, 0.5) is 0 Å². The van der Waals surface area contributed by atoms with E-state index in [0.29, 0.717) is 19.6 Å². The van der Waals surface area contributed by atoms with Crippen LogP contribution in [0.15, 0.2) is 0 Å². The van der Waals surface area contributed by atoms with Crippen molar-refractivity contribution in [2.75, 3.05) is 19.6 Å². The lowest BCUT2D eigenvalue weighted by molar-refractivity contribution is 0.154. The number of nitrogens with two attached hydrogens (primary N) is 1. The fourth-order valence-electron chi connectivity index (χ4n) is 1.85. The Bertz CT molecular complexity index is 327. The highest BCUT2D eigenvalue weighted by Crippen LogP contribution is 2.28. The first-order chi connectivity index (χ1) is 7.29. The van der Waals surface area contributed by atoms with Crippen LogP contribution in [0.5, 0.6) is 0 Å². The van der Waals surface area contributed by atoms with Crippen LogP contribution in [0.2, 0.25) is 0 Å². The minimum absolute atomic E-state index is 0.0742. The van der Waals surface area contributed by atoms with Gasteiger partial charge in [-0.3, -0.25) is 0 Å². The molecule has 0 aromatic heterocycles. The van der Waals surface area contributed by atoms with Gasteiger partial charge in [0.1, 0.15) is 0 Å². The topological polar surface area (TPSA) is 75.4 Å². The normalized spacial score (nSPS) is 26.9. The van der Waals surface area contributed by atoms with E-state index in [0.717, 1.165) is 12.8 Å². The second-order valence-electron chi connectivity index (χ2n) is 5.12. The Morgan fingerprint density at radius 2 is 2.12 bits per heavy atom. The number of hydrogen-bond donors (Lipinski definition) is 2. The average molecular weight is 249 g/mol. The zero-order chi connectivity index (χ0) is 12.4. The Kier molecular flexibility index (Phi) is 4.34. The van der Waals surface area contributed by atoms with Crippen LogP contribution in [-0.4, -0.2) is 38.4 Å². The predicted molar refractivity (Wildman–Crippen MR) is 65.2 cm³/mol. The van der Waals surface area contributed by atoms with E-state index in [9.17, 15) is 8.42 Å². The van der Waals surface area contributed by atoms with Gasteiger partial charge in [0.25, 0.3) is 10.2 Å². The molecule has 3 N–H and O–H groups in total. The Balaban J connectivity index is 2.69. The molecule has 96 valence electrons. The Hall–Kier alpha value is -0.170. The zero-order valence-electron chi connectivity index (χ0n) is 10.4. The summed E-state index contributed by atoms with van der Waals surface area (Å²) in [6.45, 7) is 7.47. The van der Waals surface area contributed by atoms with Gasteiger partial charge in [0.15, 0.2) is 0 Å². The molecule has 0 aromatic carbocycles. The zero-order valence-corrected chi connectivity index (χ0v) is 11.2. The van der Waals surface area contributed by atoms with Gasteiger partial charge in [-0.1, -0.05) is 20.8 Å². The van der Waals surface area contributed by atoms with Crippen LogP contribution in [0.3, 0.4) is 0 Å². The highest BCUT2D eigenvalue weighted by Gasteiger charge is 2.37. The van der Waals surface area contributed by atoms with Crippen LogP contribution in [0.1, 0.15) is 33.6 Å². The minimum Gasteiger partial charge on any atom is -0.327 e. The van der Waals surface area contributed by atoms with Gasteiger partial charge in [-0.05, 0) is 18.3 Å². The molecular formula is C10H23N3O2S. The van der Waals surface area contributed by atoms with Gasteiger partial charge in [-0.25, -0.2) is 4.72 Å². The fraction of sp³-hybridized carbons (Fsp3) is 1.00. The van der Waals surface area contributed by atoms with Crippen molar-refractivity contribution in [3.05, 3.63) is 0 Å². The summed E-state index contributed by atoms with van der Waals surface area (Å²) < 4.78 is 27.9. The third kappa shape index (κ3) is 3.16. The quantitative estimate of drug-likeness (QED) is 0.752. The van der Waals surface area contributed by atoms with Crippen molar-refractivity contribution in [1.29, 1.82) is 0 Å². The van der Waals surface area contributed by atoms with Crippen molar-refractivity contribution in [1.82, 2.24) is 9.03 Å². The van der Waals surface area contributed by atoms with Crippen molar-refractivity contribution in [3.63, 3.8) is 0 Å². The summed E-state index contributed by atoms with van der Waals surface area (Å²) in [5.41, 5.74) is 5.82. The van der Waals surface area contributed by atoms with Gasteiger partial charge in [-0.15, -0.1) is 0 Å². The smallest absolute Gasteiger partial charge is 0.279 e. The molecule has 1 rings (SSSR count). The molecule has 6 heteroatoms. The summed E-state index contributed by atoms with van der Waals surface area (Å²) in [5, 5.41) is 0. The van der Waals surface area contributed by atoms with E-state index in [-0.39, 0.29) is 11.5 Å². The molecule has 5 nitrogen and oxygen atoms in total. The lowest BCUT2D eigenvalue weighted by Crippen LogP contribution is -2.56. The maximum atomic E-state index is 11.9. The number of nitrogens with zero attached hydrogens (tertiary/aromatic N) is 1. The van der Waals surface area contributed by atoms with Crippen molar-refractivity contribution < 1.29 is 8.42 Å². The Labute approximate surface area is 98.6 Å². The van der Waals surface area contributed by atoms with Crippen LogP contribution in [-0.2, 0) is 10.2 Å². The third-order valence-corrected chi connectivity index (χ3v) is 4.71. The van der Waals surface area contributed by atoms with Crippen molar-refractivity contribution in [2.24, 2.45) is 11.1 Å². The molecule has 1 heterocycles. The second-order valence-corrected chi connectivity index (χ2v) is 6.87. The summed E-state index contributed by atoms with van der Waals surface area (Å²) in [6.07, 6.45) is 1.52. The number of rotatable bonds is 4. The van der Waals surface area contributed by atoms with Crippen LogP contribution < -0.4 is 10.5 Å². The first kappa shape index (κ1) is 13.9. The highest BCUT2D eigenvalue weighted by molar-refractivity contribution is 7.87. The molecule has 0 amide bonds. The predicted octanol–water partition coefficient (Wildman–Crippen LogP) is 0.290. The van der Waals surface area contributed by atoms with Crippen LogP contribution in [0, 0.1) is 5.41 Å². The van der Waals surface area contributed by atoms with Gasteiger partial charge >= 0.3 is 0 Å². The third-order valence-electron chi connectivity index (χ3n) is 3.15. The molecule has 1 fully saturated rings. The summed E-state index contributed by atoms with van der Waals surface area (Å²) in [5.74, 6) is 0. The average Bonchev–Trinajstić information content (AvgIpc) is 2.19. The van der Waals surface area contributed by atoms with Crippen molar-refractivity contribution in [3.8, 4) is 0 Å². The van der Waals surface area contributed by atoms with E-state index >= 15 is 0 Å². The van der Waals surface area contributed by atoms with Gasteiger partial charge < -0.3 is 5.73 Å². The molecular weight excluding hydrogens is 226 g/mol. The van der Waals surface area contributed by atoms with Crippen LogP contribution >= 0.6 is 0 Å². The number of nitrogens with one attached hydrogen (secondary N) is 1. The molecule has 16 heavy (non-hydrogen) atoms. The van der Waals surface area contributed by atoms with E-state index in [1.807, 2.05) is 20.8 Å². The fourth-order valence-corrected chi connectivity index (χ4v) is 3.35. The molecule has 0 bridgehead atoms. The van der Waals surface area contributed by atoms with Gasteiger partial charge in [0.05, 0.1) is 0 Å². The maximum Gasteiger partial charge on any atom is 0.279 e. The summed E-state index contributed by atoms with van der Waals surface area (Å²) in [4.78, 5) is 0. The molecule has 0 aliphatic carbocycles. The SMILES string of the molecule is CCCNS(=O)(=O)N1CCC(N)C(C)(C)C1. The molecule has 0 aromatic rings. The lowest BCUT2D eigenvalue weighted by atomic mass is 9.81. The van der Waals surface area contributed by atoms with E-state index < -0.39 is 10.2 Å². The maximum absolute atomic E-state index is 11.9. The molecule has 1 aliphatic rings. The summed E-state index contributed by atoms with van der Waals surface area (Å²) >= 11 is 0. The van der Waals surface area contributed by atoms with E-state index in [1.54, 1.807) is 0 Å². The summed E-state index contributed by atoms with van der Waals surface area (Å²) in [7, 11) is -3.31. The first-order valence-electron chi connectivity index (χ1n) is 5.80. The molecule has 1 saturated heterocycles. The van der Waals surface area contributed by atoms with Crippen molar-refractivity contribution >= 4 is 10.2 Å². The van der Waals surface area contributed by atoms with Crippen LogP contribution in [0.25, 0.3) is 0 Å². The van der Waals surface area contributed by atoms with Gasteiger partial charge in [-0.2, -0.15) is 12.7 Å².